The van der Waals surface area contributed by atoms with Crippen LogP contribution in [0.1, 0.15) is 35.2 Å². The summed E-state index contributed by atoms with van der Waals surface area (Å²) in [6.07, 6.45) is 2.73. The number of nitrogens with zero attached hydrogens (tertiary/aromatic N) is 1. The number of anilines is 1. The summed E-state index contributed by atoms with van der Waals surface area (Å²) < 4.78 is 10.4. The molecule has 0 fully saturated rings. The van der Waals surface area contributed by atoms with Crippen LogP contribution in [0.4, 0.5) is 5.69 Å². The Morgan fingerprint density at radius 2 is 2.32 bits per heavy atom. The van der Waals surface area contributed by atoms with E-state index in [9.17, 15) is 4.79 Å². The van der Waals surface area contributed by atoms with Gasteiger partial charge in [-0.2, -0.15) is 0 Å². The Morgan fingerprint density at radius 3 is 3.05 bits per heavy atom. The Kier molecular flexibility index (Phi) is 4.07. The fraction of sp³-hybridized carbons (Fsp3) is 0.375. The summed E-state index contributed by atoms with van der Waals surface area (Å²) in [5, 5.41) is 7.18. The molecule has 0 unspecified atom stereocenters. The van der Waals surface area contributed by atoms with Crippen molar-refractivity contribution < 1.29 is 14.1 Å². The van der Waals surface area contributed by atoms with Gasteiger partial charge in [0.15, 0.2) is 5.69 Å². The van der Waals surface area contributed by atoms with E-state index in [4.69, 9.17) is 20.9 Å². The quantitative estimate of drug-likeness (QED) is 0.936. The van der Waals surface area contributed by atoms with Crippen LogP contribution in [0.15, 0.2) is 22.7 Å². The van der Waals surface area contributed by atoms with Crippen LogP contribution in [-0.4, -0.2) is 18.2 Å². The van der Waals surface area contributed by atoms with Crippen LogP contribution in [0.2, 0.25) is 5.02 Å². The molecule has 1 amide bonds. The molecule has 0 aliphatic heterocycles. The molecule has 1 heterocycles. The molecule has 1 N–H and O–H groups in total. The molecule has 1 aliphatic carbocycles. The second-order valence-corrected chi connectivity index (χ2v) is 5.99. The number of nitrogens with one attached hydrogen (secondary N) is 1. The van der Waals surface area contributed by atoms with Crippen molar-refractivity contribution in [2.75, 3.05) is 12.4 Å². The molecule has 22 heavy (non-hydrogen) atoms. The van der Waals surface area contributed by atoms with E-state index in [0.29, 0.717) is 28.1 Å². The summed E-state index contributed by atoms with van der Waals surface area (Å²) in [5.74, 6) is 1.65. The third-order valence-electron chi connectivity index (χ3n) is 3.91. The molecule has 0 bridgehead atoms. The predicted octanol–water partition coefficient (Wildman–Crippen LogP) is 3.71. The maximum atomic E-state index is 12.4. The number of amides is 1. The van der Waals surface area contributed by atoms with Gasteiger partial charge < -0.3 is 14.6 Å². The zero-order valence-corrected chi connectivity index (χ0v) is 13.2. The molecule has 1 aromatic carbocycles. The highest BCUT2D eigenvalue weighted by Crippen LogP contribution is 2.30. The highest BCUT2D eigenvalue weighted by atomic mass is 35.5. The fourth-order valence-electron chi connectivity index (χ4n) is 2.69. The number of ether oxygens (including phenoxy) is 1. The van der Waals surface area contributed by atoms with Crippen LogP contribution in [0, 0.1) is 5.92 Å². The second kappa shape index (κ2) is 6.01. The van der Waals surface area contributed by atoms with Gasteiger partial charge in [-0.25, -0.2) is 0 Å². The summed E-state index contributed by atoms with van der Waals surface area (Å²) in [6.45, 7) is 2.17. The van der Waals surface area contributed by atoms with E-state index < -0.39 is 0 Å². The van der Waals surface area contributed by atoms with Crippen LogP contribution in [-0.2, 0) is 12.8 Å². The van der Waals surface area contributed by atoms with Gasteiger partial charge in [-0.15, -0.1) is 0 Å². The lowest BCUT2D eigenvalue weighted by Gasteiger charge is -2.16. The van der Waals surface area contributed by atoms with Gasteiger partial charge in [0, 0.05) is 17.7 Å². The third-order valence-corrected chi connectivity index (χ3v) is 4.21. The van der Waals surface area contributed by atoms with Gasteiger partial charge >= 0.3 is 0 Å². The number of hydrogen-bond acceptors (Lipinski definition) is 4. The molecule has 0 spiro atoms. The molecule has 3 rings (SSSR count). The summed E-state index contributed by atoms with van der Waals surface area (Å²) >= 11 is 6.06. The van der Waals surface area contributed by atoms with Crippen molar-refractivity contribution in [3.8, 4) is 5.75 Å². The Hall–Kier alpha value is -2.01. The first kappa shape index (κ1) is 14.9. The largest absolute Gasteiger partial charge is 0.495 e. The van der Waals surface area contributed by atoms with Crippen LogP contribution < -0.4 is 10.1 Å². The van der Waals surface area contributed by atoms with Crippen LogP contribution in [0.3, 0.4) is 0 Å². The summed E-state index contributed by atoms with van der Waals surface area (Å²) in [7, 11) is 1.54. The van der Waals surface area contributed by atoms with Gasteiger partial charge in [0.25, 0.3) is 5.91 Å². The van der Waals surface area contributed by atoms with E-state index in [-0.39, 0.29) is 5.91 Å². The fourth-order valence-corrected chi connectivity index (χ4v) is 2.95. The van der Waals surface area contributed by atoms with Crippen molar-refractivity contribution in [2.24, 2.45) is 5.92 Å². The molecular formula is C16H17ClN2O3. The first-order valence-electron chi connectivity index (χ1n) is 7.20. The van der Waals surface area contributed by atoms with E-state index in [1.807, 2.05) is 0 Å². The molecule has 1 atom stereocenters. The van der Waals surface area contributed by atoms with Crippen molar-refractivity contribution in [2.45, 2.75) is 26.2 Å². The van der Waals surface area contributed by atoms with Crippen LogP contribution in [0.5, 0.6) is 5.75 Å². The minimum Gasteiger partial charge on any atom is -0.495 e. The number of rotatable bonds is 3. The minimum absolute atomic E-state index is 0.277. The van der Waals surface area contributed by atoms with E-state index in [0.717, 1.165) is 30.6 Å². The van der Waals surface area contributed by atoms with Crippen molar-refractivity contribution in [3.63, 3.8) is 0 Å². The molecule has 6 heteroatoms. The van der Waals surface area contributed by atoms with Crippen molar-refractivity contribution in [3.05, 3.63) is 40.2 Å². The van der Waals surface area contributed by atoms with Crippen molar-refractivity contribution in [1.82, 2.24) is 5.16 Å². The number of methoxy groups -OCH3 is 1. The number of aryl methyl sites for hydroxylation is 1. The lowest BCUT2D eigenvalue weighted by molar-refractivity contribution is 0.101. The molecule has 0 saturated carbocycles. The number of aromatic nitrogens is 1. The summed E-state index contributed by atoms with van der Waals surface area (Å²) in [5.41, 5.74) is 1.89. The van der Waals surface area contributed by atoms with Crippen LogP contribution in [0.25, 0.3) is 0 Å². The standard InChI is InChI=1S/C16H17ClN2O3/c1-9-3-5-13-11(7-9)15(19-22-13)16(20)18-10-4-6-14(21-2)12(17)8-10/h4,6,8-9H,3,5,7H2,1-2H3,(H,18,20)/t9-/m1/s1. The number of hydrogen-bond donors (Lipinski definition) is 1. The molecule has 116 valence electrons. The number of benzene rings is 1. The zero-order valence-electron chi connectivity index (χ0n) is 12.5. The average molecular weight is 321 g/mol. The maximum absolute atomic E-state index is 12.4. The summed E-state index contributed by atoms with van der Waals surface area (Å²) in [4.78, 5) is 12.4. The number of halogens is 1. The molecular weight excluding hydrogens is 304 g/mol. The maximum Gasteiger partial charge on any atom is 0.278 e. The Bertz CT molecular complexity index is 711. The van der Waals surface area contributed by atoms with Gasteiger partial charge in [0.2, 0.25) is 0 Å². The highest BCUT2D eigenvalue weighted by molar-refractivity contribution is 6.32. The SMILES string of the molecule is COc1ccc(NC(=O)c2noc3c2C[C@H](C)CC3)cc1Cl. The Balaban J connectivity index is 1.81. The van der Waals surface area contributed by atoms with E-state index in [2.05, 4.69) is 17.4 Å². The average Bonchev–Trinajstić information content (AvgIpc) is 2.90. The Labute approximate surface area is 133 Å². The summed E-state index contributed by atoms with van der Waals surface area (Å²) in [6, 6.07) is 5.09. The Morgan fingerprint density at radius 1 is 1.50 bits per heavy atom. The van der Waals surface area contributed by atoms with Crippen molar-refractivity contribution >= 4 is 23.2 Å². The van der Waals surface area contributed by atoms with Gasteiger partial charge in [0.1, 0.15) is 11.5 Å². The zero-order chi connectivity index (χ0) is 15.7. The smallest absolute Gasteiger partial charge is 0.278 e. The highest BCUT2D eigenvalue weighted by Gasteiger charge is 2.27. The molecule has 1 aromatic heterocycles. The lowest BCUT2D eigenvalue weighted by atomic mass is 9.88. The van der Waals surface area contributed by atoms with Gasteiger partial charge in [-0.1, -0.05) is 23.7 Å². The van der Waals surface area contributed by atoms with E-state index >= 15 is 0 Å². The molecule has 5 nitrogen and oxygen atoms in total. The number of fused-ring (bicyclic) bond motifs is 1. The topological polar surface area (TPSA) is 64.4 Å². The lowest BCUT2D eigenvalue weighted by Crippen LogP contribution is -2.17. The molecule has 0 radical (unpaired) electrons. The minimum atomic E-state index is -0.277. The normalized spacial score (nSPS) is 17.0. The van der Waals surface area contributed by atoms with Gasteiger partial charge in [-0.3, -0.25) is 4.79 Å². The van der Waals surface area contributed by atoms with E-state index in [1.165, 1.54) is 0 Å². The third kappa shape index (κ3) is 2.81. The second-order valence-electron chi connectivity index (χ2n) is 5.58. The van der Waals surface area contributed by atoms with Gasteiger partial charge in [0.05, 0.1) is 12.1 Å². The van der Waals surface area contributed by atoms with E-state index in [1.54, 1.807) is 25.3 Å². The number of carbonyl (C=O) groups is 1. The monoisotopic (exact) mass is 320 g/mol. The van der Waals surface area contributed by atoms with Crippen molar-refractivity contribution in [1.29, 1.82) is 0 Å². The predicted molar refractivity (Wildman–Crippen MR) is 83.6 cm³/mol. The number of carbonyl (C=O) groups excluding carboxylic acids is 1. The first-order valence-corrected chi connectivity index (χ1v) is 7.58. The molecule has 2 aromatic rings. The molecule has 0 saturated heterocycles. The first-order chi connectivity index (χ1) is 10.6. The van der Waals surface area contributed by atoms with Crippen LogP contribution >= 0.6 is 11.6 Å². The molecule has 1 aliphatic rings. The van der Waals surface area contributed by atoms with Gasteiger partial charge in [-0.05, 0) is 37.0 Å².